The molecule has 26 heavy (non-hydrogen) atoms. The average Bonchev–Trinajstić information content (AvgIpc) is 2.72. The zero-order valence-electron chi connectivity index (χ0n) is 15.2. The number of hydrogen-bond acceptors (Lipinski definition) is 4. The number of para-hydroxylation sites is 1. The molecule has 2 amide bonds. The van der Waals surface area contributed by atoms with Crippen LogP contribution in [0.15, 0.2) is 30.3 Å². The van der Waals surface area contributed by atoms with E-state index in [-0.39, 0.29) is 17.7 Å². The molecule has 3 rings (SSSR count). The van der Waals surface area contributed by atoms with Gasteiger partial charge in [-0.3, -0.25) is 9.59 Å². The first-order chi connectivity index (χ1) is 12.7. The van der Waals surface area contributed by atoms with E-state index in [2.05, 4.69) is 0 Å². The summed E-state index contributed by atoms with van der Waals surface area (Å²) in [5, 5.41) is 0. The minimum atomic E-state index is -0.0202. The molecule has 2 fully saturated rings. The van der Waals surface area contributed by atoms with E-state index < -0.39 is 0 Å². The first-order valence-electron chi connectivity index (χ1n) is 9.15. The van der Waals surface area contributed by atoms with Gasteiger partial charge in [-0.25, -0.2) is 0 Å². The van der Waals surface area contributed by atoms with Crippen molar-refractivity contribution in [2.75, 3.05) is 46.5 Å². The molecule has 2 heterocycles. The minimum absolute atomic E-state index is 0.0202. The van der Waals surface area contributed by atoms with Crippen molar-refractivity contribution in [2.45, 2.75) is 12.8 Å². The van der Waals surface area contributed by atoms with Crippen LogP contribution in [0.4, 0.5) is 0 Å². The predicted octanol–water partition coefficient (Wildman–Crippen LogP) is 1.81. The van der Waals surface area contributed by atoms with Gasteiger partial charge < -0.3 is 19.3 Å². The Morgan fingerprint density at radius 1 is 1.08 bits per heavy atom. The zero-order chi connectivity index (χ0) is 18.4. The van der Waals surface area contributed by atoms with Crippen molar-refractivity contribution in [3.05, 3.63) is 35.9 Å². The summed E-state index contributed by atoms with van der Waals surface area (Å²) >= 11 is 0. The molecule has 1 aromatic carbocycles. The Hall–Kier alpha value is -2.34. The summed E-state index contributed by atoms with van der Waals surface area (Å²) in [7, 11) is 1.62. The number of hydrogen-bond donors (Lipinski definition) is 0. The molecule has 0 N–H and O–H groups in total. The third kappa shape index (κ3) is 4.43. The minimum Gasteiger partial charge on any atom is -0.496 e. The van der Waals surface area contributed by atoms with Gasteiger partial charge in [0.2, 0.25) is 11.8 Å². The van der Waals surface area contributed by atoms with Gasteiger partial charge in [-0.05, 0) is 25.0 Å². The maximum atomic E-state index is 12.5. The Morgan fingerprint density at radius 2 is 1.77 bits per heavy atom. The Balaban J connectivity index is 1.52. The molecular formula is C20H26N2O4. The number of carbonyl (C=O) groups excluding carboxylic acids is 2. The van der Waals surface area contributed by atoms with Crippen molar-refractivity contribution in [2.24, 2.45) is 5.92 Å². The van der Waals surface area contributed by atoms with Crippen LogP contribution in [-0.2, 0) is 14.3 Å². The molecule has 0 spiro atoms. The molecule has 0 aliphatic carbocycles. The van der Waals surface area contributed by atoms with Gasteiger partial charge in [0.1, 0.15) is 5.75 Å². The van der Waals surface area contributed by atoms with E-state index in [4.69, 9.17) is 9.47 Å². The van der Waals surface area contributed by atoms with E-state index >= 15 is 0 Å². The molecule has 0 aromatic heterocycles. The first kappa shape index (κ1) is 18.5. The van der Waals surface area contributed by atoms with Crippen LogP contribution in [0.2, 0.25) is 0 Å². The molecule has 2 aliphatic rings. The van der Waals surface area contributed by atoms with Crippen LogP contribution in [0.1, 0.15) is 18.4 Å². The lowest BCUT2D eigenvalue weighted by Crippen LogP contribution is -2.47. The lowest BCUT2D eigenvalue weighted by Gasteiger charge is -2.35. The number of morpholine rings is 1. The van der Waals surface area contributed by atoms with Crippen molar-refractivity contribution in [3.8, 4) is 5.75 Å². The molecule has 2 aliphatic heterocycles. The number of carbonyl (C=O) groups is 2. The number of rotatable bonds is 4. The second-order valence-corrected chi connectivity index (χ2v) is 6.61. The summed E-state index contributed by atoms with van der Waals surface area (Å²) in [4.78, 5) is 28.7. The Kier molecular flexibility index (Phi) is 6.28. The smallest absolute Gasteiger partial charge is 0.246 e. The summed E-state index contributed by atoms with van der Waals surface area (Å²) in [6.45, 7) is 3.85. The highest BCUT2D eigenvalue weighted by Crippen LogP contribution is 2.22. The molecule has 140 valence electrons. The van der Waals surface area contributed by atoms with Crippen LogP contribution in [0.3, 0.4) is 0 Å². The zero-order valence-corrected chi connectivity index (χ0v) is 15.2. The highest BCUT2D eigenvalue weighted by Gasteiger charge is 2.30. The molecule has 0 unspecified atom stereocenters. The molecule has 0 radical (unpaired) electrons. The largest absolute Gasteiger partial charge is 0.496 e. The van der Waals surface area contributed by atoms with E-state index in [1.54, 1.807) is 19.3 Å². The lowest BCUT2D eigenvalue weighted by atomic mass is 9.95. The summed E-state index contributed by atoms with van der Waals surface area (Å²) in [6, 6.07) is 7.59. The van der Waals surface area contributed by atoms with E-state index in [1.807, 2.05) is 34.1 Å². The normalized spacial score (nSPS) is 19.0. The monoisotopic (exact) mass is 358 g/mol. The molecule has 1 aromatic rings. The van der Waals surface area contributed by atoms with E-state index in [0.717, 1.165) is 24.2 Å². The summed E-state index contributed by atoms with van der Waals surface area (Å²) in [5.74, 6) is 0.958. The Labute approximate surface area is 154 Å². The van der Waals surface area contributed by atoms with Gasteiger partial charge >= 0.3 is 0 Å². The fourth-order valence-electron chi connectivity index (χ4n) is 3.46. The van der Waals surface area contributed by atoms with Crippen LogP contribution in [0.25, 0.3) is 6.08 Å². The van der Waals surface area contributed by atoms with Crippen molar-refractivity contribution in [1.82, 2.24) is 9.80 Å². The molecule has 0 atom stereocenters. The van der Waals surface area contributed by atoms with Crippen LogP contribution >= 0.6 is 0 Å². The summed E-state index contributed by atoms with van der Waals surface area (Å²) in [5.41, 5.74) is 0.876. The molecule has 0 saturated carbocycles. The quantitative estimate of drug-likeness (QED) is 0.770. The van der Waals surface area contributed by atoms with Crippen LogP contribution in [0.5, 0.6) is 5.75 Å². The second-order valence-electron chi connectivity index (χ2n) is 6.61. The maximum absolute atomic E-state index is 12.5. The first-order valence-corrected chi connectivity index (χ1v) is 9.15. The molecule has 6 heteroatoms. The van der Waals surface area contributed by atoms with Crippen molar-refractivity contribution >= 4 is 17.9 Å². The molecule has 2 saturated heterocycles. The number of ether oxygens (including phenoxy) is 2. The molecular weight excluding hydrogens is 332 g/mol. The maximum Gasteiger partial charge on any atom is 0.246 e. The fourth-order valence-corrected chi connectivity index (χ4v) is 3.46. The van der Waals surface area contributed by atoms with Crippen molar-refractivity contribution in [1.29, 1.82) is 0 Å². The number of likely N-dealkylation sites (tertiary alicyclic amines) is 1. The van der Waals surface area contributed by atoms with E-state index in [1.165, 1.54) is 0 Å². The van der Waals surface area contributed by atoms with E-state index in [9.17, 15) is 9.59 Å². The van der Waals surface area contributed by atoms with Crippen LogP contribution in [-0.4, -0.2) is 68.1 Å². The molecule has 6 nitrogen and oxygen atoms in total. The standard InChI is InChI=1S/C20H26N2O4/c1-25-18-5-3-2-4-16(18)6-7-19(23)21-10-8-17(9-11-21)20(24)22-12-14-26-15-13-22/h2-7,17H,8-15H2,1H3. The Morgan fingerprint density at radius 3 is 2.46 bits per heavy atom. The third-order valence-electron chi connectivity index (χ3n) is 5.02. The van der Waals surface area contributed by atoms with Gasteiger partial charge in [0.05, 0.1) is 20.3 Å². The molecule has 0 bridgehead atoms. The van der Waals surface area contributed by atoms with Gasteiger partial charge in [0.15, 0.2) is 0 Å². The number of methoxy groups -OCH3 is 1. The van der Waals surface area contributed by atoms with Gasteiger partial charge in [-0.2, -0.15) is 0 Å². The fraction of sp³-hybridized carbons (Fsp3) is 0.500. The van der Waals surface area contributed by atoms with Crippen molar-refractivity contribution < 1.29 is 19.1 Å². The van der Waals surface area contributed by atoms with Gasteiger partial charge in [0.25, 0.3) is 0 Å². The predicted molar refractivity (Wildman–Crippen MR) is 98.7 cm³/mol. The summed E-state index contributed by atoms with van der Waals surface area (Å²) in [6.07, 6.45) is 4.82. The Bertz CT molecular complexity index is 660. The van der Waals surface area contributed by atoms with Crippen LogP contribution < -0.4 is 4.74 Å². The van der Waals surface area contributed by atoms with Gasteiger partial charge in [-0.15, -0.1) is 0 Å². The highest BCUT2D eigenvalue weighted by molar-refractivity contribution is 5.92. The number of amides is 2. The topological polar surface area (TPSA) is 59.1 Å². The number of nitrogens with zero attached hydrogens (tertiary/aromatic N) is 2. The van der Waals surface area contributed by atoms with E-state index in [0.29, 0.717) is 39.4 Å². The van der Waals surface area contributed by atoms with Crippen LogP contribution in [0, 0.1) is 5.92 Å². The third-order valence-corrected chi connectivity index (χ3v) is 5.02. The SMILES string of the molecule is COc1ccccc1C=CC(=O)N1CCC(C(=O)N2CCOCC2)CC1. The highest BCUT2D eigenvalue weighted by atomic mass is 16.5. The second kappa shape index (κ2) is 8.85. The van der Waals surface area contributed by atoms with Crippen molar-refractivity contribution in [3.63, 3.8) is 0 Å². The number of piperidine rings is 1. The van der Waals surface area contributed by atoms with Gasteiger partial charge in [-0.1, -0.05) is 18.2 Å². The summed E-state index contributed by atoms with van der Waals surface area (Å²) < 4.78 is 10.6. The average molecular weight is 358 g/mol. The van der Waals surface area contributed by atoms with Gasteiger partial charge in [0, 0.05) is 43.7 Å². The number of benzene rings is 1. The lowest BCUT2D eigenvalue weighted by molar-refractivity contribution is -0.142.